The molecule has 1 aliphatic carbocycles. The lowest BCUT2D eigenvalue weighted by atomic mass is 10.0. The van der Waals surface area contributed by atoms with E-state index >= 15 is 0 Å². The van der Waals surface area contributed by atoms with Crippen molar-refractivity contribution in [1.29, 1.82) is 0 Å². The van der Waals surface area contributed by atoms with Crippen molar-refractivity contribution in [3.05, 3.63) is 0 Å². The zero-order valence-electron chi connectivity index (χ0n) is 11.0. The first-order valence-electron chi connectivity index (χ1n) is 5.90. The Balaban J connectivity index is 2.27. The number of carboxylic acid groups (broad SMARTS) is 1. The predicted octanol–water partition coefficient (Wildman–Crippen LogP) is 1.58. The van der Waals surface area contributed by atoms with E-state index in [1.54, 1.807) is 13.8 Å². The summed E-state index contributed by atoms with van der Waals surface area (Å²) in [7, 11) is 0. The molecule has 98 valence electrons. The smallest absolute Gasteiger partial charge is 0.315 e. The lowest BCUT2D eigenvalue weighted by molar-refractivity contribution is -0.138. The molecule has 0 saturated heterocycles. The number of hydrogen-bond donors (Lipinski definition) is 3. The van der Waals surface area contributed by atoms with Crippen molar-refractivity contribution < 1.29 is 14.7 Å². The van der Waals surface area contributed by atoms with Gasteiger partial charge in [0.25, 0.3) is 0 Å². The van der Waals surface area contributed by atoms with E-state index in [0.29, 0.717) is 17.9 Å². The van der Waals surface area contributed by atoms with Gasteiger partial charge in [-0.15, -0.1) is 0 Å². The second-order valence-corrected chi connectivity index (χ2v) is 6.18. The van der Waals surface area contributed by atoms with Crippen LogP contribution < -0.4 is 10.6 Å². The van der Waals surface area contributed by atoms with Gasteiger partial charge < -0.3 is 15.7 Å². The van der Waals surface area contributed by atoms with Gasteiger partial charge >= 0.3 is 12.0 Å². The van der Waals surface area contributed by atoms with Gasteiger partial charge in [0.1, 0.15) is 0 Å². The molecule has 0 spiro atoms. The Morgan fingerprint density at radius 1 is 1.41 bits per heavy atom. The average molecular weight is 242 g/mol. The number of rotatable bonds is 5. The molecule has 1 atom stereocenters. The Kier molecular flexibility index (Phi) is 3.69. The van der Waals surface area contributed by atoms with Crippen molar-refractivity contribution in [2.75, 3.05) is 6.54 Å². The Morgan fingerprint density at radius 3 is 2.35 bits per heavy atom. The van der Waals surface area contributed by atoms with Crippen molar-refractivity contribution >= 4 is 12.0 Å². The summed E-state index contributed by atoms with van der Waals surface area (Å²) in [5.74, 6) is -0.380. The van der Waals surface area contributed by atoms with Gasteiger partial charge in [-0.3, -0.25) is 4.79 Å². The van der Waals surface area contributed by atoms with Crippen molar-refractivity contribution in [3.63, 3.8) is 0 Å². The molecule has 0 aromatic rings. The molecule has 2 amide bonds. The summed E-state index contributed by atoms with van der Waals surface area (Å²) in [5, 5.41) is 14.1. The summed E-state index contributed by atoms with van der Waals surface area (Å²) in [4.78, 5) is 22.2. The molecular formula is C12H22N2O3. The molecule has 5 heteroatoms. The van der Waals surface area contributed by atoms with E-state index in [2.05, 4.69) is 24.5 Å². The summed E-state index contributed by atoms with van der Waals surface area (Å²) >= 11 is 0. The minimum Gasteiger partial charge on any atom is -0.481 e. The third kappa shape index (κ3) is 4.63. The van der Waals surface area contributed by atoms with Crippen LogP contribution in [0.1, 0.15) is 40.5 Å². The SMILES string of the molecule is CC(C)(CC(=O)O)NC(=O)NCC1CC1(C)C. The van der Waals surface area contributed by atoms with Gasteiger partial charge in [-0.2, -0.15) is 0 Å². The van der Waals surface area contributed by atoms with Crippen LogP contribution in [0.5, 0.6) is 0 Å². The molecule has 17 heavy (non-hydrogen) atoms. The summed E-state index contributed by atoms with van der Waals surface area (Å²) in [5.41, 5.74) is -0.390. The molecule has 0 aromatic carbocycles. The number of nitrogens with one attached hydrogen (secondary N) is 2. The third-order valence-corrected chi connectivity index (χ3v) is 3.27. The maximum Gasteiger partial charge on any atom is 0.315 e. The second kappa shape index (κ2) is 4.55. The second-order valence-electron chi connectivity index (χ2n) is 6.18. The highest BCUT2D eigenvalue weighted by Crippen LogP contribution is 2.50. The summed E-state index contributed by atoms with van der Waals surface area (Å²) < 4.78 is 0. The number of carbonyl (C=O) groups is 2. The van der Waals surface area contributed by atoms with Gasteiger partial charge in [0, 0.05) is 12.1 Å². The highest BCUT2D eigenvalue weighted by molar-refractivity contribution is 5.76. The highest BCUT2D eigenvalue weighted by atomic mass is 16.4. The van der Waals surface area contributed by atoms with E-state index in [0.717, 1.165) is 6.42 Å². The molecule has 1 fully saturated rings. The molecule has 0 aliphatic heterocycles. The zero-order chi connectivity index (χ0) is 13.3. The van der Waals surface area contributed by atoms with Crippen LogP contribution in [0.15, 0.2) is 0 Å². The van der Waals surface area contributed by atoms with Gasteiger partial charge in [0.2, 0.25) is 0 Å². The molecule has 0 bridgehead atoms. The minimum absolute atomic E-state index is 0.0880. The number of carbonyl (C=O) groups excluding carboxylic acids is 1. The minimum atomic E-state index is -0.918. The lowest BCUT2D eigenvalue weighted by Gasteiger charge is -2.24. The van der Waals surface area contributed by atoms with E-state index < -0.39 is 11.5 Å². The maximum absolute atomic E-state index is 11.6. The van der Waals surface area contributed by atoms with Crippen LogP contribution in [0.4, 0.5) is 4.79 Å². The molecule has 1 aliphatic rings. The van der Waals surface area contributed by atoms with E-state index in [4.69, 9.17) is 5.11 Å². The van der Waals surface area contributed by atoms with Crippen molar-refractivity contribution in [2.24, 2.45) is 11.3 Å². The summed E-state index contributed by atoms with van der Waals surface area (Å²) in [6.07, 6.45) is 1.04. The maximum atomic E-state index is 11.6. The highest BCUT2D eigenvalue weighted by Gasteiger charge is 2.45. The molecule has 1 unspecified atom stereocenters. The Morgan fingerprint density at radius 2 is 1.94 bits per heavy atom. The Bertz CT molecular complexity index is 324. The largest absolute Gasteiger partial charge is 0.481 e. The molecule has 1 saturated carbocycles. The average Bonchev–Trinajstić information content (AvgIpc) is 2.67. The molecule has 5 nitrogen and oxygen atoms in total. The van der Waals surface area contributed by atoms with Gasteiger partial charge in [0.05, 0.1) is 6.42 Å². The fourth-order valence-corrected chi connectivity index (χ4v) is 1.91. The summed E-state index contributed by atoms with van der Waals surface area (Å²) in [6.45, 7) is 8.39. The van der Waals surface area contributed by atoms with Crippen LogP contribution in [0.2, 0.25) is 0 Å². The molecule has 0 radical (unpaired) electrons. The first-order chi connectivity index (χ1) is 7.62. The number of hydrogen-bond acceptors (Lipinski definition) is 2. The molecular weight excluding hydrogens is 220 g/mol. The van der Waals surface area contributed by atoms with E-state index in [1.165, 1.54) is 0 Å². The van der Waals surface area contributed by atoms with Crippen LogP contribution in [0, 0.1) is 11.3 Å². The van der Waals surface area contributed by atoms with Crippen molar-refractivity contribution in [3.8, 4) is 0 Å². The number of carboxylic acids is 1. The van der Waals surface area contributed by atoms with Crippen molar-refractivity contribution in [2.45, 2.75) is 46.1 Å². The van der Waals surface area contributed by atoms with Gasteiger partial charge in [-0.05, 0) is 31.6 Å². The number of urea groups is 1. The van der Waals surface area contributed by atoms with E-state index in [1.807, 2.05) is 0 Å². The number of amides is 2. The van der Waals surface area contributed by atoms with Crippen LogP contribution in [0.3, 0.4) is 0 Å². The van der Waals surface area contributed by atoms with Crippen LogP contribution in [0.25, 0.3) is 0 Å². The van der Waals surface area contributed by atoms with Crippen molar-refractivity contribution in [1.82, 2.24) is 10.6 Å². The topological polar surface area (TPSA) is 78.4 Å². The zero-order valence-corrected chi connectivity index (χ0v) is 11.0. The van der Waals surface area contributed by atoms with E-state index in [9.17, 15) is 9.59 Å². The van der Waals surface area contributed by atoms with Crippen LogP contribution in [-0.4, -0.2) is 29.2 Å². The fraction of sp³-hybridized carbons (Fsp3) is 0.833. The normalized spacial score (nSPS) is 21.8. The first kappa shape index (κ1) is 13.8. The fourth-order valence-electron chi connectivity index (χ4n) is 1.91. The van der Waals surface area contributed by atoms with E-state index in [-0.39, 0.29) is 12.5 Å². The standard InChI is InChI=1S/C12H22N2O3/c1-11(2)5-8(11)7-13-10(17)14-12(3,4)6-9(15)16/h8H,5-7H2,1-4H3,(H,15,16)(H2,13,14,17). The third-order valence-electron chi connectivity index (χ3n) is 3.27. The van der Waals surface area contributed by atoms with Gasteiger partial charge in [-0.1, -0.05) is 13.8 Å². The molecule has 0 heterocycles. The Labute approximate surface area is 102 Å². The molecule has 3 N–H and O–H groups in total. The first-order valence-corrected chi connectivity index (χ1v) is 5.90. The summed E-state index contributed by atoms with van der Waals surface area (Å²) in [6, 6.07) is -0.293. The van der Waals surface area contributed by atoms with Crippen LogP contribution in [-0.2, 0) is 4.79 Å². The quantitative estimate of drug-likeness (QED) is 0.685. The van der Waals surface area contributed by atoms with Crippen LogP contribution >= 0.6 is 0 Å². The lowest BCUT2D eigenvalue weighted by Crippen LogP contribution is -2.49. The predicted molar refractivity (Wildman–Crippen MR) is 64.8 cm³/mol. The Hall–Kier alpha value is -1.26. The van der Waals surface area contributed by atoms with Gasteiger partial charge in [-0.25, -0.2) is 4.79 Å². The number of aliphatic carboxylic acids is 1. The molecule has 1 rings (SSSR count). The van der Waals surface area contributed by atoms with Gasteiger partial charge in [0.15, 0.2) is 0 Å². The monoisotopic (exact) mass is 242 g/mol. The molecule has 0 aromatic heterocycles.